The molecule has 0 aromatic heterocycles. The van der Waals surface area contributed by atoms with Gasteiger partial charge in [-0.2, -0.15) is 0 Å². The average Bonchev–Trinajstić information content (AvgIpc) is 3.41. The fraction of sp³-hybridized carbons (Fsp3) is 0.884. The number of nitrogens with two attached hydrogens (primary N) is 1. The lowest BCUT2D eigenvalue weighted by atomic mass is 9.47. The van der Waals surface area contributed by atoms with Crippen molar-refractivity contribution in [1.82, 2.24) is 16.0 Å². The molecule has 0 bridgehead atoms. The van der Waals surface area contributed by atoms with E-state index in [0.29, 0.717) is 31.2 Å². The first kappa shape index (κ1) is 42.9. The van der Waals surface area contributed by atoms with Crippen molar-refractivity contribution in [3.8, 4) is 0 Å². The Bertz CT molecular complexity index is 1250. The fourth-order valence-electron chi connectivity index (χ4n) is 10.9. The minimum atomic E-state index is -1.01. The third-order valence-electron chi connectivity index (χ3n) is 14.3. The first-order valence-corrected chi connectivity index (χ1v) is 21.1. The van der Waals surface area contributed by atoms with Crippen LogP contribution in [0.4, 0.5) is 0 Å². The zero-order chi connectivity index (χ0) is 38.3. The molecule has 0 saturated heterocycles. The van der Waals surface area contributed by atoms with E-state index < -0.39 is 11.0 Å². The molecular formula is C43H75BN4O4. The standard InChI is InChI=1S/C43H75BN4O4/c1-29(2)13-9-10-14-31-17-19-34-33-18-16-32-27-30(20-24-42(32,6)35(33)21-25-41(31,34)5)39(51)48-43(7,44)28-52-40(3,4)23-22-37(49)47-26-12-11-15-36(46-8)38(45)50/h16,29-31,33-36,46H,9-15,17-28H2,1-8H3,(H2,45,50)(H,47,49)(H,48,51). The zero-order valence-corrected chi connectivity index (χ0v) is 34.3. The molecular weight excluding hydrogens is 647 g/mol. The number of carbonyl (C=O) groups is 3. The van der Waals surface area contributed by atoms with Gasteiger partial charge in [-0.15, -0.1) is 0 Å². The van der Waals surface area contributed by atoms with Crippen molar-refractivity contribution in [2.75, 3.05) is 20.2 Å². The van der Waals surface area contributed by atoms with Crippen LogP contribution in [0.1, 0.15) is 158 Å². The van der Waals surface area contributed by atoms with Gasteiger partial charge in [-0.3, -0.25) is 14.4 Å². The number of hydrogen-bond donors (Lipinski definition) is 4. The van der Waals surface area contributed by atoms with Gasteiger partial charge < -0.3 is 26.4 Å². The topological polar surface area (TPSA) is 123 Å². The Hall–Kier alpha value is -1.87. The van der Waals surface area contributed by atoms with E-state index >= 15 is 0 Å². The van der Waals surface area contributed by atoms with E-state index in [1.165, 1.54) is 63.4 Å². The fourth-order valence-corrected chi connectivity index (χ4v) is 10.9. The molecule has 8 nitrogen and oxygen atoms in total. The van der Waals surface area contributed by atoms with Gasteiger partial charge in [0, 0.05) is 24.3 Å². The predicted molar refractivity (Wildman–Crippen MR) is 212 cm³/mol. The molecule has 4 aliphatic carbocycles. The number of rotatable bonds is 20. The van der Waals surface area contributed by atoms with Gasteiger partial charge in [0.1, 0.15) is 7.85 Å². The monoisotopic (exact) mass is 723 g/mol. The van der Waals surface area contributed by atoms with Crippen LogP contribution in [0.15, 0.2) is 11.6 Å². The molecule has 3 fully saturated rings. The lowest BCUT2D eigenvalue weighted by molar-refractivity contribution is -0.129. The minimum Gasteiger partial charge on any atom is -0.374 e. The maximum atomic E-state index is 13.7. The molecule has 9 atom stereocenters. The van der Waals surface area contributed by atoms with Crippen LogP contribution in [0.25, 0.3) is 0 Å². The lowest BCUT2D eigenvalue weighted by Crippen LogP contribution is -2.54. The van der Waals surface area contributed by atoms with Crippen LogP contribution in [0.2, 0.25) is 0 Å². The van der Waals surface area contributed by atoms with E-state index in [-0.39, 0.29) is 41.7 Å². The highest BCUT2D eigenvalue weighted by Gasteiger charge is 2.58. The Balaban J connectivity index is 1.21. The highest BCUT2D eigenvalue weighted by molar-refractivity contribution is 6.16. The summed E-state index contributed by atoms with van der Waals surface area (Å²) in [5.74, 6) is 3.68. The second-order valence-electron chi connectivity index (χ2n) is 19.2. The molecule has 2 radical (unpaired) electrons. The summed E-state index contributed by atoms with van der Waals surface area (Å²) in [6.45, 7) is 16.3. The number of carbonyl (C=O) groups excluding carboxylic acids is 3. The van der Waals surface area contributed by atoms with E-state index in [0.717, 1.165) is 61.7 Å². The summed E-state index contributed by atoms with van der Waals surface area (Å²) in [7, 11) is 8.34. The van der Waals surface area contributed by atoms with Crippen molar-refractivity contribution in [1.29, 1.82) is 0 Å². The van der Waals surface area contributed by atoms with Gasteiger partial charge in [-0.25, -0.2) is 0 Å². The van der Waals surface area contributed by atoms with Crippen molar-refractivity contribution in [3.63, 3.8) is 0 Å². The summed E-state index contributed by atoms with van der Waals surface area (Å²) in [4.78, 5) is 37.5. The maximum Gasteiger partial charge on any atom is 0.234 e. The number of allylic oxidation sites excluding steroid dienone is 2. The van der Waals surface area contributed by atoms with Crippen LogP contribution in [0, 0.1) is 46.3 Å². The molecule has 3 amide bonds. The SMILES string of the molecule is [B]C(C)(COC(C)(C)CCC(=O)NCCCCC(NC)C(N)=O)NC(=O)C1CCC2(C)C(=CCC3C2CCC2(C)C(CCCCC(C)C)CCC32)C1. The number of fused-ring (bicyclic) bond motifs is 5. The third kappa shape index (κ3) is 10.9. The normalized spacial score (nSPS) is 31.8. The van der Waals surface area contributed by atoms with Gasteiger partial charge in [-0.1, -0.05) is 58.6 Å². The van der Waals surface area contributed by atoms with Gasteiger partial charge in [-0.05, 0) is 152 Å². The van der Waals surface area contributed by atoms with E-state index in [2.05, 4.69) is 49.7 Å². The van der Waals surface area contributed by atoms with E-state index in [1.54, 1.807) is 7.05 Å². The summed E-state index contributed by atoms with van der Waals surface area (Å²) in [5.41, 5.74) is 6.02. The number of unbranched alkanes of at least 4 members (excludes halogenated alkanes) is 2. The summed E-state index contributed by atoms with van der Waals surface area (Å²) in [6, 6.07) is -0.338. The summed E-state index contributed by atoms with van der Waals surface area (Å²) < 4.78 is 6.20. The Morgan fingerprint density at radius 2 is 1.73 bits per heavy atom. The Labute approximate surface area is 318 Å². The second-order valence-corrected chi connectivity index (χ2v) is 19.2. The third-order valence-corrected chi connectivity index (χ3v) is 14.3. The largest absolute Gasteiger partial charge is 0.374 e. The average molecular weight is 723 g/mol. The van der Waals surface area contributed by atoms with Crippen LogP contribution in [0.5, 0.6) is 0 Å². The van der Waals surface area contributed by atoms with Crippen molar-refractivity contribution in [2.24, 2.45) is 52.1 Å². The van der Waals surface area contributed by atoms with Crippen LogP contribution >= 0.6 is 0 Å². The summed E-state index contributed by atoms with van der Waals surface area (Å²) in [5, 5.41) is 8.99. The Kier molecular flexibility index (Phi) is 15.0. The molecule has 5 N–H and O–H groups in total. The molecule has 4 aliphatic rings. The molecule has 9 unspecified atom stereocenters. The minimum absolute atomic E-state index is 0.0278. The summed E-state index contributed by atoms with van der Waals surface area (Å²) in [6.07, 6.45) is 20.8. The molecule has 3 saturated carbocycles. The summed E-state index contributed by atoms with van der Waals surface area (Å²) >= 11 is 0. The Morgan fingerprint density at radius 1 is 1.00 bits per heavy atom. The van der Waals surface area contributed by atoms with Crippen LogP contribution in [0.3, 0.4) is 0 Å². The molecule has 294 valence electrons. The van der Waals surface area contributed by atoms with Crippen LogP contribution in [-0.2, 0) is 19.1 Å². The van der Waals surface area contributed by atoms with Gasteiger partial charge >= 0.3 is 0 Å². The number of likely N-dealkylation sites (N-methyl/N-ethyl adjacent to an activating group) is 1. The van der Waals surface area contributed by atoms with Gasteiger partial charge in [0.2, 0.25) is 17.7 Å². The van der Waals surface area contributed by atoms with E-state index in [9.17, 15) is 14.4 Å². The Morgan fingerprint density at radius 3 is 2.42 bits per heavy atom. The highest BCUT2D eigenvalue weighted by Crippen LogP contribution is 2.67. The van der Waals surface area contributed by atoms with Crippen molar-refractivity contribution in [3.05, 3.63) is 11.6 Å². The first-order valence-electron chi connectivity index (χ1n) is 21.1. The van der Waals surface area contributed by atoms with Gasteiger partial charge in [0.15, 0.2) is 0 Å². The van der Waals surface area contributed by atoms with E-state index in [1.807, 2.05) is 20.8 Å². The second kappa shape index (κ2) is 18.2. The lowest BCUT2D eigenvalue weighted by Gasteiger charge is -2.58. The number of amides is 3. The quantitative estimate of drug-likeness (QED) is 0.0596. The first-order chi connectivity index (χ1) is 24.4. The van der Waals surface area contributed by atoms with Crippen molar-refractivity contribution < 1.29 is 19.1 Å². The smallest absolute Gasteiger partial charge is 0.234 e. The number of primary amides is 1. The maximum absolute atomic E-state index is 13.7. The van der Waals surface area contributed by atoms with Crippen LogP contribution < -0.4 is 21.7 Å². The van der Waals surface area contributed by atoms with Gasteiger partial charge in [0.25, 0.3) is 0 Å². The highest BCUT2D eigenvalue weighted by atomic mass is 16.5. The van der Waals surface area contributed by atoms with Crippen LogP contribution in [-0.4, -0.2) is 62.8 Å². The molecule has 0 aromatic carbocycles. The number of hydrogen-bond acceptors (Lipinski definition) is 5. The predicted octanol–water partition coefficient (Wildman–Crippen LogP) is 7.33. The van der Waals surface area contributed by atoms with E-state index in [4.69, 9.17) is 18.3 Å². The molecule has 0 aliphatic heterocycles. The molecule has 0 aromatic rings. The molecule has 0 heterocycles. The molecule has 0 spiro atoms. The molecule has 4 rings (SSSR count). The van der Waals surface area contributed by atoms with Crippen molar-refractivity contribution in [2.45, 2.75) is 175 Å². The number of nitrogens with one attached hydrogen (secondary N) is 3. The molecule has 9 heteroatoms. The number of ether oxygens (including phenoxy) is 1. The zero-order valence-electron chi connectivity index (χ0n) is 34.3. The van der Waals surface area contributed by atoms with Gasteiger partial charge in [0.05, 0.1) is 18.2 Å². The van der Waals surface area contributed by atoms with Crippen molar-refractivity contribution >= 4 is 25.6 Å². The molecule has 52 heavy (non-hydrogen) atoms.